The molecule has 0 aromatic heterocycles. The van der Waals surface area contributed by atoms with Crippen LogP contribution in [-0.4, -0.2) is 37.0 Å². The van der Waals surface area contributed by atoms with Crippen molar-refractivity contribution in [2.45, 2.75) is 57.9 Å². The number of carbonyl (C=O) groups is 1. The molecule has 3 nitrogen and oxygen atoms in total. The quantitative estimate of drug-likeness (QED) is 0.753. The minimum atomic E-state index is 0.235. The lowest BCUT2D eigenvalue weighted by Crippen LogP contribution is -2.41. The molecule has 0 heterocycles. The molecule has 16 heavy (non-hydrogen) atoms. The van der Waals surface area contributed by atoms with Crippen molar-refractivity contribution < 1.29 is 4.79 Å². The Kier molecular flexibility index (Phi) is 6.46. The zero-order chi connectivity index (χ0) is 11.8. The van der Waals surface area contributed by atoms with E-state index in [9.17, 15) is 4.79 Å². The van der Waals surface area contributed by atoms with E-state index in [1.807, 2.05) is 11.9 Å². The number of likely N-dealkylation sites (N-methyl/N-ethyl adjacent to an activating group) is 1. The van der Waals surface area contributed by atoms with Crippen LogP contribution in [0, 0.1) is 0 Å². The molecule has 0 spiro atoms. The molecule has 1 aliphatic rings. The summed E-state index contributed by atoms with van der Waals surface area (Å²) in [5.74, 6) is 0.235. The van der Waals surface area contributed by atoms with Crippen LogP contribution in [0.4, 0.5) is 0 Å². The van der Waals surface area contributed by atoms with Gasteiger partial charge < -0.3 is 10.2 Å². The van der Waals surface area contributed by atoms with E-state index in [2.05, 4.69) is 12.2 Å². The number of amides is 1. The minimum absolute atomic E-state index is 0.235. The van der Waals surface area contributed by atoms with E-state index in [-0.39, 0.29) is 5.91 Å². The van der Waals surface area contributed by atoms with Gasteiger partial charge in [-0.05, 0) is 19.3 Å². The summed E-state index contributed by atoms with van der Waals surface area (Å²) in [5, 5.41) is 3.39. The Balaban J connectivity index is 2.12. The van der Waals surface area contributed by atoms with Gasteiger partial charge in [0, 0.05) is 19.6 Å². The van der Waals surface area contributed by atoms with Crippen molar-refractivity contribution in [1.29, 1.82) is 0 Å². The van der Waals surface area contributed by atoms with Crippen molar-refractivity contribution in [3.8, 4) is 0 Å². The van der Waals surface area contributed by atoms with Crippen LogP contribution in [0.1, 0.15) is 51.9 Å². The van der Waals surface area contributed by atoms with Gasteiger partial charge >= 0.3 is 0 Å². The van der Waals surface area contributed by atoms with Crippen LogP contribution in [0.5, 0.6) is 0 Å². The van der Waals surface area contributed by atoms with Crippen molar-refractivity contribution >= 4 is 5.91 Å². The fraction of sp³-hybridized carbons (Fsp3) is 0.923. The first-order valence-electron chi connectivity index (χ1n) is 6.71. The van der Waals surface area contributed by atoms with Crippen LogP contribution >= 0.6 is 0 Å². The highest BCUT2D eigenvalue weighted by atomic mass is 16.2. The molecule has 0 aromatic rings. The number of hydrogen-bond acceptors (Lipinski definition) is 2. The molecule has 1 N–H and O–H groups in total. The average molecular weight is 226 g/mol. The summed E-state index contributed by atoms with van der Waals surface area (Å²) in [6.07, 6.45) is 8.73. The molecule has 0 aliphatic heterocycles. The molecule has 94 valence electrons. The lowest BCUT2D eigenvalue weighted by Gasteiger charge is -2.24. The first-order chi connectivity index (χ1) is 7.74. The van der Waals surface area contributed by atoms with Gasteiger partial charge in [0.05, 0.1) is 6.54 Å². The molecule has 1 saturated carbocycles. The minimum Gasteiger partial charge on any atom is -0.345 e. The Morgan fingerprint density at radius 3 is 2.62 bits per heavy atom. The predicted octanol–water partition coefficient (Wildman–Crippen LogP) is 2.17. The van der Waals surface area contributed by atoms with Crippen LogP contribution in [0.25, 0.3) is 0 Å². The zero-order valence-electron chi connectivity index (χ0n) is 10.8. The molecule has 0 atom stereocenters. The largest absolute Gasteiger partial charge is 0.345 e. The van der Waals surface area contributed by atoms with E-state index in [0.717, 1.165) is 19.4 Å². The third-order valence-corrected chi connectivity index (χ3v) is 3.42. The Bertz CT molecular complexity index is 200. The van der Waals surface area contributed by atoms with E-state index >= 15 is 0 Å². The van der Waals surface area contributed by atoms with Crippen LogP contribution in [0.3, 0.4) is 0 Å². The van der Waals surface area contributed by atoms with Gasteiger partial charge in [-0.2, -0.15) is 0 Å². The van der Waals surface area contributed by atoms with Gasteiger partial charge in [-0.15, -0.1) is 0 Å². The van der Waals surface area contributed by atoms with Crippen LogP contribution in [0.2, 0.25) is 0 Å². The van der Waals surface area contributed by atoms with E-state index in [1.54, 1.807) is 0 Å². The van der Waals surface area contributed by atoms with E-state index in [4.69, 9.17) is 0 Å². The van der Waals surface area contributed by atoms with E-state index in [1.165, 1.54) is 32.1 Å². The molecule has 0 aromatic carbocycles. The highest BCUT2D eigenvalue weighted by molar-refractivity contribution is 5.77. The Morgan fingerprint density at radius 2 is 2.00 bits per heavy atom. The van der Waals surface area contributed by atoms with Gasteiger partial charge in [0.25, 0.3) is 0 Å². The summed E-state index contributed by atoms with van der Waals surface area (Å²) in [6.45, 7) is 3.56. The second-order valence-corrected chi connectivity index (χ2v) is 4.88. The monoisotopic (exact) mass is 226 g/mol. The molecule has 1 amide bonds. The van der Waals surface area contributed by atoms with Crippen molar-refractivity contribution in [2.24, 2.45) is 0 Å². The number of hydrogen-bond donors (Lipinski definition) is 1. The molecule has 1 fully saturated rings. The maximum atomic E-state index is 11.8. The van der Waals surface area contributed by atoms with E-state index in [0.29, 0.717) is 12.6 Å². The highest BCUT2D eigenvalue weighted by Gasteiger charge is 2.15. The predicted molar refractivity (Wildman–Crippen MR) is 67.4 cm³/mol. The van der Waals surface area contributed by atoms with Crippen LogP contribution in [0.15, 0.2) is 0 Å². The first kappa shape index (κ1) is 13.5. The van der Waals surface area contributed by atoms with Gasteiger partial charge in [0.1, 0.15) is 0 Å². The first-order valence-corrected chi connectivity index (χ1v) is 6.71. The number of rotatable bonds is 6. The highest BCUT2D eigenvalue weighted by Crippen LogP contribution is 2.17. The lowest BCUT2D eigenvalue weighted by molar-refractivity contribution is -0.129. The third-order valence-electron chi connectivity index (χ3n) is 3.42. The molecule has 3 heteroatoms. The number of nitrogens with one attached hydrogen (secondary N) is 1. The summed E-state index contributed by atoms with van der Waals surface area (Å²) in [4.78, 5) is 13.6. The number of carbonyl (C=O) groups excluding carboxylic acids is 1. The van der Waals surface area contributed by atoms with Crippen molar-refractivity contribution in [3.05, 3.63) is 0 Å². The second kappa shape index (κ2) is 7.66. The molecule has 0 unspecified atom stereocenters. The summed E-state index contributed by atoms with van der Waals surface area (Å²) in [5.41, 5.74) is 0. The molecule has 1 rings (SSSR count). The van der Waals surface area contributed by atoms with Gasteiger partial charge in [0.15, 0.2) is 0 Å². The molecule has 1 aliphatic carbocycles. The summed E-state index contributed by atoms with van der Waals surface area (Å²) in [6, 6.07) is 0.581. The summed E-state index contributed by atoms with van der Waals surface area (Å²) in [7, 11) is 1.90. The SMILES string of the molecule is CCCCN(C)C(=O)CNC1CCCCC1. The lowest BCUT2D eigenvalue weighted by atomic mass is 9.95. The summed E-state index contributed by atoms with van der Waals surface area (Å²) < 4.78 is 0. The fourth-order valence-electron chi connectivity index (χ4n) is 2.19. The Hall–Kier alpha value is -0.570. The molecule has 0 radical (unpaired) electrons. The number of nitrogens with zero attached hydrogens (tertiary/aromatic N) is 1. The fourth-order valence-corrected chi connectivity index (χ4v) is 2.19. The Labute approximate surface area is 99.6 Å². The topological polar surface area (TPSA) is 32.3 Å². The smallest absolute Gasteiger partial charge is 0.236 e. The van der Waals surface area contributed by atoms with E-state index < -0.39 is 0 Å². The molecular formula is C13H26N2O. The number of unbranched alkanes of at least 4 members (excludes halogenated alkanes) is 1. The van der Waals surface area contributed by atoms with Gasteiger partial charge in [-0.1, -0.05) is 32.6 Å². The van der Waals surface area contributed by atoms with Gasteiger partial charge in [0.2, 0.25) is 5.91 Å². The molecule has 0 bridgehead atoms. The van der Waals surface area contributed by atoms with Crippen LogP contribution in [-0.2, 0) is 4.79 Å². The summed E-state index contributed by atoms with van der Waals surface area (Å²) >= 11 is 0. The van der Waals surface area contributed by atoms with Gasteiger partial charge in [-0.25, -0.2) is 0 Å². The standard InChI is InChI=1S/C13H26N2O/c1-3-4-10-15(2)13(16)11-14-12-8-6-5-7-9-12/h12,14H,3-11H2,1-2H3. The normalized spacial score (nSPS) is 17.4. The van der Waals surface area contributed by atoms with Gasteiger partial charge in [-0.3, -0.25) is 4.79 Å². The second-order valence-electron chi connectivity index (χ2n) is 4.88. The third kappa shape index (κ3) is 4.97. The van der Waals surface area contributed by atoms with Crippen molar-refractivity contribution in [1.82, 2.24) is 10.2 Å². The maximum Gasteiger partial charge on any atom is 0.236 e. The maximum absolute atomic E-state index is 11.8. The van der Waals surface area contributed by atoms with Crippen molar-refractivity contribution in [2.75, 3.05) is 20.1 Å². The van der Waals surface area contributed by atoms with Crippen molar-refractivity contribution in [3.63, 3.8) is 0 Å². The molecule has 0 saturated heterocycles. The Morgan fingerprint density at radius 1 is 1.31 bits per heavy atom. The average Bonchev–Trinajstić information content (AvgIpc) is 2.34. The molecular weight excluding hydrogens is 200 g/mol. The van der Waals surface area contributed by atoms with Crippen LogP contribution < -0.4 is 5.32 Å². The zero-order valence-corrected chi connectivity index (χ0v) is 10.8.